The molecule has 3 heteroatoms. The molecule has 0 aliphatic heterocycles. The quantitative estimate of drug-likeness (QED) is 0.263. The number of hydrogen-bond acceptors (Lipinski definition) is 3. The number of pyridine rings is 1. The molecule has 3 aromatic carbocycles. The molecule has 0 aliphatic carbocycles. The smallest absolute Gasteiger partial charge is 0.0723 e. The number of nitrogens with zero attached hydrogens (tertiary/aromatic N) is 1. The highest BCUT2D eigenvalue weighted by Gasteiger charge is 2.15. The Labute approximate surface area is 194 Å². The molecule has 0 amide bonds. The minimum absolute atomic E-state index is 0.985. The van der Waals surface area contributed by atoms with E-state index >= 15 is 0 Å². The van der Waals surface area contributed by atoms with Crippen LogP contribution in [0, 0.1) is 0 Å². The Kier molecular flexibility index (Phi) is 4.53. The maximum absolute atomic E-state index is 5.14. The third kappa shape index (κ3) is 2.86. The summed E-state index contributed by atoms with van der Waals surface area (Å²) >= 11 is 3.59. The Morgan fingerprint density at radius 2 is 1.22 bits per heavy atom. The van der Waals surface area contributed by atoms with Crippen LogP contribution in [-0.2, 0) is 0 Å². The number of hydrogen-bond donors (Lipinski definition) is 0. The summed E-state index contributed by atoms with van der Waals surface area (Å²) in [5.41, 5.74) is 5.46. The van der Waals surface area contributed by atoms with Crippen molar-refractivity contribution in [2.75, 3.05) is 0 Å². The summed E-state index contributed by atoms with van der Waals surface area (Å²) in [5, 5.41) is 3.81. The Morgan fingerprint density at radius 3 is 1.94 bits per heavy atom. The van der Waals surface area contributed by atoms with Gasteiger partial charge in [-0.2, -0.15) is 0 Å². The van der Waals surface area contributed by atoms with Gasteiger partial charge in [-0.05, 0) is 23.8 Å². The first kappa shape index (κ1) is 19.2. The van der Waals surface area contributed by atoms with E-state index in [4.69, 9.17) is 4.98 Å². The summed E-state index contributed by atoms with van der Waals surface area (Å²) in [5.74, 6) is 0. The molecular formula is C29H19NS2. The van der Waals surface area contributed by atoms with Gasteiger partial charge >= 0.3 is 0 Å². The molecule has 32 heavy (non-hydrogen) atoms. The van der Waals surface area contributed by atoms with Gasteiger partial charge in [0.1, 0.15) is 0 Å². The predicted molar refractivity (Wildman–Crippen MR) is 144 cm³/mol. The molecule has 0 spiro atoms. The fraction of sp³-hybridized carbons (Fsp3) is 0. The van der Waals surface area contributed by atoms with Gasteiger partial charge in [-0.25, -0.2) is 4.98 Å². The second-order valence-electron chi connectivity index (χ2n) is 7.66. The van der Waals surface area contributed by atoms with Crippen LogP contribution in [-0.4, -0.2) is 4.98 Å². The Balaban J connectivity index is 1.57. The van der Waals surface area contributed by atoms with E-state index < -0.39 is 0 Å². The molecule has 3 aromatic heterocycles. The largest absolute Gasteiger partial charge is 0.248 e. The number of rotatable bonds is 4. The van der Waals surface area contributed by atoms with Crippen LogP contribution < -0.4 is 0 Å². The van der Waals surface area contributed by atoms with Crippen LogP contribution in [0.3, 0.4) is 0 Å². The van der Waals surface area contributed by atoms with Gasteiger partial charge < -0.3 is 0 Å². The molecule has 1 nitrogen and oxygen atoms in total. The van der Waals surface area contributed by atoms with Gasteiger partial charge in [0.25, 0.3) is 0 Å². The molecule has 0 N–H and O–H groups in total. The van der Waals surface area contributed by atoms with E-state index in [1.165, 1.54) is 35.8 Å². The molecule has 0 bridgehead atoms. The van der Waals surface area contributed by atoms with Gasteiger partial charge in [0.2, 0.25) is 0 Å². The second-order valence-corrected chi connectivity index (χ2v) is 9.76. The third-order valence-corrected chi connectivity index (χ3v) is 8.35. The Morgan fingerprint density at radius 1 is 0.594 bits per heavy atom. The monoisotopic (exact) mass is 445 g/mol. The van der Waals surface area contributed by atoms with Crippen molar-refractivity contribution in [3.8, 4) is 22.5 Å². The summed E-state index contributed by atoms with van der Waals surface area (Å²) in [7, 11) is 0. The number of aromatic nitrogens is 1. The van der Waals surface area contributed by atoms with Gasteiger partial charge in [0, 0.05) is 46.3 Å². The summed E-state index contributed by atoms with van der Waals surface area (Å²) in [6.07, 6.45) is 3.84. The topological polar surface area (TPSA) is 12.9 Å². The zero-order valence-corrected chi connectivity index (χ0v) is 19.0. The Bertz CT molecular complexity index is 1670. The molecule has 0 radical (unpaired) electrons. The molecular weight excluding hydrogens is 426 g/mol. The van der Waals surface area contributed by atoms with Crippen molar-refractivity contribution in [3.63, 3.8) is 0 Å². The summed E-state index contributed by atoms with van der Waals surface area (Å²) in [6, 6.07) is 27.9. The van der Waals surface area contributed by atoms with Gasteiger partial charge in [-0.3, -0.25) is 0 Å². The highest BCUT2D eigenvalue weighted by molar-refractivity contribution is 7.26. The van der Waals surface area contributed by atoms with Crippen LogP contribution in [0.5, 0.6) is 0 Å². The van der Waals surface area contributed by atoms with Gasteiger partial charge in [0.15, 0.2) is 0 Å². The number of thiophene rings is 2. The molecule has 0 unspecified atom stereocenters. The minimum atomic E-state index is 0.985. The normalized spacial score (nSPS) is 11.4. The van der Waals surface area contributed by atoms with E-state index in [1.54, 1.807) is 11.3 Å². The molecule has 0 saturated carbocycles. The molecule has 0 saturated heterocycles. The lowest BCUT2D eigenvalue weighted by Crippen LogP contribution is -1.88. The zero-order chi connectivity index (χ0) is 21.7. The lowest BCUT2D eigenvalue weighted by Gasteiger charge is -2.07. The van der Waals surface area contributed by atoms with E-state index in [0.29, 0.717) is 0 Å². The molecule has 6 rings (SSSR count). The SMILES string of the molecule is C=Cc1sc2c(-c3cccc(-c4cccc5c4sc4ccccc45)n3)cccc2c1C=C. The van der Waals surface area contributed by atoms with Gasteiger partial charge in [-0.15, -0.1) is 22.7 Å². The molecule has 0 aliphatic rings. The van der Waals surface area contributed by atoms with Crippen molar-refractivity contribution in [3.05, 3.63) is 102 Å². The van der Waals surface area contributed by atoms with Crippen molar-refractivity contribution >= 4 is 65.1 Å². The molecule has 152 valence electrons. The van der Waals surface area contributed by atoms with Crippen molar-refractivity contribution in [2.24, 2.45) is 0 Å². The first-order valence-electron chi connectivity index (χ1n) is 10.5. The van der Waals surface area contributed by atoms with Crippen molar-refractivity contribution in [1.82, 2.24) is 4.98 Å². The highest BCUT2D eigenvalue weighted by atomic mass is 32.1. The van der Waals surface area contributed by atoms with Crippen LogP contribution in [0.2, 0.25) is 0 Å². The maximum Gasteiger partial charge on any atom is 0.0723 e. The first-order chi connectivity index (χ1) is 15.8. The lowest BCUT2D eigenvalue weighted by molar-refractivity contribution is 1.34. The van der Waals surface area contributed by atoms with Crippen LogP contribution in [0.4, 0.5) is 0 Å². The zero-order valence-electron chi connectivity index (χ0n) is 17.3. The van der Waals surface area contributed by atoms with E-state index in [-0.39, 0.29) is 0 Å². The van der Waals surface area contributed by atoms with E-state index in [1.807, 2.05) is 23.5 Å². The minimum Gasteiger partial charge on any atom is -0.248 e. The summed E-state index contributed by atoms with van der Waals surface area (Å²) in [6.45, 7) is 8.00. The lowest BCUT2D eigenvalue weighted by atomic mass is 10.0. The van der Waals surface area contributed by atoms with Crippen LogP contribution >= 0.6 is 22.7 Å². The summed E-state index contributed by atoms with van der Waals surface area (Å²) in [4.78, 5) is 6.28. The Hall–Kier alpha value is -3.53. The molecule has 0 atom stereocenters. The van der Waals surface area contributed by atoms with Crippen LogP contribution in [0.25, 0.3) is 64.9 Å². The number of benzene rings is 3. The average molecular weight is 446 g/mol. The fourth-order valence-corrected chi connectivity index (χ4v) is 6.81. The third-order valence-electron chi connectivity index (χ3n) is 5.88. The first-order valence-corrected chi connectivity index (χ1v) is 12.1. The fourth-order valence-electron chi connectivity index (χ4n) is 4.40. The van der Waals surface area contributed by atoms with E-state index in [9.17, 15) is 0 Å². The van der Waals surface area contributed by atoms with Crippen molar-refractivity contribution in [2.45, 2.75) is 0 Å². The maximum atomic E-state index is 5.14. The second kappa shape index (κ2) is 7.56. The predicted octanol–water partition coefficient (Wildman–Crippen LogP) is 9.28. The standard InChI is InChI=1S/C29H19NS2/c1-3-18-20-11-7-13-22(28(20)31-26(18)4-2)24-15-9-16-25(30-24)23-14-8-12-21-19-10-5-6-17-27(19)32-29(21)23/h3-17H,1-2H2. The van der Waals surface area contributed by atoms with Gasteiger partial charge in [0.05, 0.1) is 11.4 Å². The summed E-state index contributed by atoms with van der Waals surface area (Å²) < 4.78 is 3.82. The van der Waals surface area contributed by atoms with E-state index in [2.05, 4.69) is 92.0 Å². The molecule has 3 heterocycles. The number of fused-ring (bicyclic) bond motifs is 4. The molecule has 6 aromatic rings. The highest BCUT2D eigenvalue weighted by Crippen LogP contribution is 2.41. The van der Waals surface area contributed by atoms with Gasteiger partial charge in [-0.1, -0.05) is 86.0 Å². The van der Waals surface area contributed by atoms with Crippen molar-refractivity contribution in [1.29, 1.82) is 0 Å². The average Bonchev–Trinajstić information content (AvgIpc) is 3.41. The van der Waals surface area contributed by atoms with Crippen LogP contribution in [0.1, 0.15) is 10.4 Å². The molecule has 0 fully saturated rings. The van der Waals surface area contributed by atoms with E-state index in [0.717, 1.165) is 27.4 Å². The van der Waals surface area contributed by atoms with Crippen molar-refractivity contribution < 1.29 is 0 Å². The van der Waals surface area contributed by atoms with Crippen LogP contribution in [0.15, 0.2) is 92.0 Å².